The van der Waals surface area contributed by atoms with Gasteiger partial charge in [-0.2, -0.15) is 0 Å². The van der Waals surface area contributed by atoms with Gasteiger partial charge < -0.3 is 41.2 Å². The van der Waals surface area contributed by atoms with Crippen LogP contribution in [0.25, 0.3) is 0 Å². The van der Waals surface area contributed by atoms with Crippen molar-refractivity contribution in [3.63, 3.8) is 0 Å². The highest BCUT2D eigenvalue weighted by atomic mass is 19.4. The molecule has 0 aromatic heterocycles. The van der Waals surface area contributed by atoms with Crippen LogP contribution < -0.4 is 26.4 Å². The fourth-order valence-electron chi connectivity index (χ4n) is 5.94. The Morgan fingerprint density at radius 3 is 1.79 bits per heavy atom. The van der Waals surface area contributed by atoms with Gasteiger partial charge in [0.2, 0.25) is 11.8 Å². The number of alkyl carbamates (subject to hydrolysis) is 1. The number of hydrogen-bond acceptors (Lipinski definition) is 7. The Morgan fingerprint density at radius 2 is 1.26 bits per heavy atom. The second kappa shape index (κ2) is 21.3. The Hall–Kier alpha value is -6.09. The van der Waals surface area contributed by atoms with E-state index in [9.17, 15) is 37.5 Å². The van der Waals surface area contributed by atoms with E-state index in [-0.39, 0.29) is 38.3 Å². The minimum absolute atomic E-state index is 0.0370. The molecule has 0 unspecified atom stereocenters. The number of aliphatic hydroxyl groups is 1. The van der Waals surface area contributed by atoms with Gasteiger partial charge in [-0.15, -0.1) is 13.2 Å². The van der Waals surface area contributed by atoms with Crippen molar-refractivity contribution in [1.29, 1.82) is 0 Å². The molecule has 0 bridgehead atoms. The number of rotatable bonds is 19. The lowest BCUT2D eigenvalue weighted by Gasteiger charge is -2.32. The number of halogens is 3. The number of ether oxygens (including phenoxy) is 2. The molecule has 6 N–H and O–H groups in total. The van der Waals surface area contributed by atoms with Crippen molar-refractivity contribution in [2.24, 2.45) is 11.7 Å². The van der Waals surface area contributed by atoms with E-state index in [1.165, 1.54) is 17.0 Å². The minimum Gasteiger partial charge on any atom is -0.445 e. The molecule has 304 valence electrons. The first kappa shape index (κ1) is 43.6. The van der Waals surface area contributed by atoms with Gasteiger partial charge in [-0.1, -0.05) is 117 Å². The van der Waals surface area contributed by atoms with Gasteiger partial charge in [0.1, 0.15) is 24.4 Å². The summed E-state index contributed by atoms with van der Waals surface area (Å²) in [5.74, 6) is -2.03. The molecule has 0 aliphatic rings. The molecule has 0 heterocycles. The molecule has 4 atom stereocenters. The number of carbonyl (C=O) groups excluding carboxylic acids is 4. The molecule has 4 aromatic carbocycles. The quantitative estimate of drug-likeness (QED) is 0.0820. The van der Waals surface area contributed by atoms with Crippen LogP contribution in [0.15, 0.2) is 115 Å². The van der Waals surface area contributed by atoms with Gasteiger partial charge >= 0.3 is 18.5 Å². The predicted octanol–water partition coefficient (Wildman–Crippen LogP) is 5.62. The summed E-state index contributed by atoms with van der Waals surface area (Å²) < 4.78 is 48.0. The van der Waals surface area contributed by atoms with Crippen LogP contribution in [0, 0.1) is 5.92 Å². The summed E-state index contributed by atoms with van der Waals surface area (Å²) in [5.41, 5.74) is 8.26. The molecule has 0 aliphatic heterocycles. The third-order valence-corrected chi connectivity index (χ3v) is 8.77. The van der Waals surface area contributed by atoms with Crippen molar-refractivity contribution in [3.05, 3.63) is 138 Å². The molecule has 0 saturated carbocycles. The van der Waals surface area contributed by atoms with Crippen LogP contribution in [0.2, 0.25) is 0 Å². The van der Waals surface area contributed by atoms with Gasteiger partial charge in [0.15, 0.2) is 0 Å². The molecule has 0 saturated heterocycles. The Kier molecular flexibility index (Phi) is 16.3. The van der Waals surface area contributed by atoms with Crippen molar-refractivity contribution in [2.45, 2.75) is 76.9 Å². The van der Waals surface area contributed by atoms with Gasteiger partial charge in [0, 0.05) is 13.0 Å². The van der Waals surface area contributed by atoms with E-state index in [1.54, 1.807) is 78.9 Å². The van der Waals surface area contributed by atoms with Crippen molar-refractivity contribution in [1.82, 2.24) is 20.9 Å². The molecule has 57 heavy (non-hydrogen) atoms. The number of alkyl halides is 3. The number of benzene rings is 4. The summed E-state index contributed by atoms with van der Waals surface area (Å²) in [5, 5.41) is 19.8. The van der Waals surface area contributed by atoms with Crippen LogP contribution in [0.3, 0.4) is 0 Å². The van der Waals surface area contributed by atoms with Gasteiger partial charge in [-0.25, -0.2) is 9.59 Å². The summed E-state index contributed by atoms with van der Waals surface area (Å²) in [4.78, 5) is 54.5. The highest BCUT2D eigenvalue weighted by molar-refractivity contribution is 5.91. The zero-order valence-corrected chi connectivity index (χ0v) is 31.7. The molecule has 5 amide bonds. The number of carbonyl (C=O) groups is 4. The second-order valence-electron chi connectivity index (χ2n) is 13.9. The average molecular weight is 792 g/mol. The molecule has 0 fully saturated rings. The molecule has 4 rings (SSSR count). The molecule has 15 heteroatoms. The fraction of sp³-hybridized carbons (Fsp3) is 0.333. The first-order chi connectivity index (χ1) is 27.1. The smallest absolute Gasteiger partial charge is 0.445 e. The average Bonchev–Trinajstić information content (AvgIpc) is 3.17. The predicted molar refractivity (Wildman–Crippen MR) is 206 cm³/mol. The molecule has 12 nitrogen and oxygen atoms in total. The summed E-state index contributed by atoms with van der Waals surface area (Å²) >= 11 is 0. The summed E-state index contributed by atoms with van der Waals surface area (Å²) in [7, 11) is 0. The van der Waals surface area contributed by atoms with Crippen LogP contribution >= 0.6 is 0 Å². The van der Waals surface area contributed by atoms with E-state index in [0.29, 0.717) is 5.56 Å². The lowest BCUT2D eigenvalue weighted by atomic mass is 10.0. The maximum atomic E-state index is 14.2. The van der Waals surface area contributed by atoms with E-state index in [0.717, 1.165) is 28.8 Å². The van der Waals surface area contributed by atoms with Crippen LogP contribution in [0.5, 0.6) is 5.75 Å². The first-order valence-corrected chi connectivity index (χ1v) is 18.4. The Labute approximate surface area is 329 Å². The van der Waals surface area contributed by atoms with Gasteiger partial charge in [0.25, 0.3) is 0 Å². The number of nitrogens with one attached hydrogen (secondary N) is 3. The zero-order chi connectivity index (χ0) is 41.4. The van der Waals surface area contributed by atoms with E-state index in [2.05, 4.69) is 20.7 Å². The topological polar surface area (TPSA) is 172 Å². The van der Waals surface area contributed by atoms with Gasteiger partial charge in [-0.3, -0.25) is 9.59 Å². The van der Waals surface area contributed by atoms with Crippen LogP contribution in [-0.4, -0.2) is 71.1 Å². The van der Waals surface area contributed by atoms with Gasteiger partial charge in [0.05, 0.1) is 18.7 Å². The highest BCUT2D eigenvalue weighted by Crippen LogP contribution is 2.23. The third kappa shape index (κ3) is 15.5. The van der Waals surface area contributed by atoms with E-state index < -0.39 is 66.8 Å². The second-order valence-corrected chi connectivity index (χ2v) is 13.9. The molecular formula is C42H48F3N5O7. The monoisotopic (exact) mass is 791 g/mol. The lowest BCUT2D eigenvalue weighted by molar-refractivity contribution is -0.274. The number of amides is 5. The van der Waals surface area contributed by atoms with Crippen LogP contribution in [-0.2, 0) is 40.3 Å². The third-order valence-electron chi connectivity index (χ3n) is 8.77. The van der Waals surface area contributed by atoms with Crippen LogP contribution in [0.1, 0.15) is 42.5 Å². The Bertz CT molecular complexity index is 1870. The molecule has 4 aromatic rings. The number of urea groups is 1. The van der Waals surface area contributed by atoms with E-state index >= 15 is 0 Å². The number of nitrogens with zero attached hydrogens (tertiary/aromatic N) is 1. The van der Waals surface area contributed by atoms with Crippen molar-refractivity contribution < 1.29 is 46.9 Å². The molecule has 0 spiro atoms. The number of aliphatic hydroxyl groups excluding tert-OH is 1. The maximum Gasteiger partial charge on any atom is 0.573 e. The number of primary amides is 1. The molecule has 0 aliphatic carbocycles. The maximum absolute atomic E-state index is 14.2. The van der Waals surface area contributed by atoms with Crippen LogP contribution in [0.4, 0.5) is 22.8 Å². The van der Waals surface area contributed by atoms with E-state index in [1.807, 2.05) is 26.0 Å². The normalized spacial score (nSPS) is 13.4. The van der Waals surface area contributed by atoms with E-state index in [4.69, 9.17) is 10.5 Å². The Balaban J connectivity index is 1.58. The standard InChI is InChI=1S/C42H48F3N5O7/c1-28(2)22-36(39(53)47-35(38(46)52)24-30-14-8-4-9-15-30)48-40(54)50(25-31-18-20-33(21-19-31)57-42(43,44)45)26-37(51)34(23-29-12-6-3-7-13-29)49-41(55)56-27-32-16-10-5-11-17-32/h3-21,28,34-37,51H,22-27H2,1-2H3,(H2,46,52)(H,47,53)(H,48,54)(H,49,55)/t34-,35-,36-,37+/m0/s1. The summed E-state index contributed by atoms with van der Waals surface area (Å²) in [6, 6.07) is 27.7. The zero-order valence-electron chi connectivity index (χ0n) is 31.7. The summed E-state index contributed by atoms with van der Waals surface area (Å²) in [6.07, 6.45) is -6.75. The minimum atomic E-state index is -4.92. The molecular weight excluding hydrogens is 743 g/mol. The van der Waals surface area contributed by atoms with Gasteiger partial charge in [-0.05, 0) is 53.1 Å². The number of nitrogens with two attached hydrogens (primary N) is 1. The van der Waals surface area contributed by atoms with Crippen molar-refractivity contribution in [2.75, 3.05) is 6.54 Å². The molecule has 0 radical (unpaired) electrons. The fourth-order valence-corrected chi connectivity index (χ4v) is 5.94. The highest BCUT2D eigenvalue weighted by Gasteiger charge is 2.33. The number of hydrogen-bond donors (Lipinski definition) is 5. The Morgan fingerprint density at radius 1 is 0.719 bits per heavy atom. The first-order valence-electron chi connectivity index (χ1n) is 18.4. The largest absolute Gasteiger partial charge is 0.573 e. The van der Waals surface area contributed by atoms with Crippen molar-refractivity contribution in [3.8, 4) is 5.75 Å². The lowest BCUT2D eigenvalue weighted by Crippen LogP contribution is -2.57. The summed E-state index contributed by atoms with van der Waals surface area (Å²) in [6.45, 7) is 3.00. The SMILES string of the molecule is CC(C)C[C@H](NC(=O)N(Cc1ccc(OC(F)(F)F)cc1)C[C@@H](O)[C@H](Cc1ccccc1)NC(=O)OCc1ccccc1)C(=O)N[C@@H](Cc1ccccc1)C(N)=O. The van der Waals surface area contributed by atoms with Crippen molar-refractivity contribution >= 4 is 23.9 Å².